The van der Waals surface area contributed by atoms with E-state index in [1.807, 2.05) is 19.9 Å². The number of nitrogens with zero attached hydrogens (tertiary/aromatic N) is 4. The Morgan fingerprint density at radius 1 is 1.16 bits per heavy atom. The Balaban J connectivity index is 1.18. The number of piperazine rings is 1. The van der Waals surface area contributed by atoms with Crippen LogP contribution < -0.4 is 0 Å². The fraction of sp³-hybridized carbons (Fsp3) is 0.440. The first-order chi connectivity index (χ1) is 15.6. The quantitative estimate of drug-likeness (QED) is 0.443. The molecule has 0 bridgehead atoms. The zero-order chi connectivity index (χ0) is 22.3. The summed E-state index contributed by atoms with van der Waals surface area (Å²) in [5, 5.41) is 10.3. The fourth-order valence-corrected chi connectivity index (χ4v) is 5.11. The SMILES string of the molecule is Cc1cc(C)c(C#N)c(SCCCN2CCN(C3=COC(C4=CC=CCC4)=CO3)CC2)n1. The van der Waals surface area contributed by atoms with Crippen LogP contribution in [0.2, 0.25) is 0 Å². The van der Waals surface area contributed by atoms with E-state index < -0.39 is 0 Å². The monoisotopic (exact) mass is 450 g/mol. The number of aromatic nitrogens is 1. The van der Waals surface area contributed by atoms with Crippen molar-refractivity contribution in [2.75, 3.05) is 38.5 Å². The van der Waals surface area contributed by atoms with Crippen molar-refractivity contribution >= 4 is 11.8 Å². The first-order valence-corrected chi connectivity index (χ1v) is 12.2. The summed E-state index contributed by atoms with van der Waals surface area (Å²) in [4.78, 5) is 9.29. The Bertz CT molecular complexity index is 998. The van der Waals surface area contributed by atoms with Gasteiger partial charge in [0.25, 0.3) is 0 Å². The van der Waals surface area contributed by atoms with E-state index in [0.29, 0.717) is 5.56 Å². The molecule has 3 aliphatic rings. The van der Waals surface area contributed by atoms with Crippen LogP contribution in [0.1, 0.15) is 36.1 Å². The molecule has 0 spiro atoms. The Morgan fingerprint density at radius 2 is 2.00 bits per heavy atom. The molecule has 3 heterocycles. The topological polar surface area (TPSA) is 61.6 Å². The molecule has 0 radical (unpaired) electrons. The largest absolute Gasteiger partial charge is 0.456 e. The summed E-state index contributed by atoms with van der Waals surface area (Å²) in [6.07, 6.45) is 12.9. The number of thioether (sulfide) groups is 1. The molecule has 1 fully saturated rings. The van der Waals surface area contributed by atoms with Gasteiger partial charge in [-0.1, -0.05) is 18.2 Å². The number of ether oxygens (including phenoxy) is 2. The van der Waals surface area contributed by atoms with Gasteiger partial charge in [-0.2, -0.15) is 5.26 Å². The van der Waals surface area contributed by atoms with Gasteiger partial charge in [-0.15, -0.1) is 11.8 Å². The molecule has 0 amide bonds. The van der Waals surface area contributed by atoms with Crippen LogP contribution in [0.5, 0.6) is 0 Å². The number of pyridine rings is 1. The fourth-order valence-electron chi connectivity index (χ4n) is 4.08. The van der Waals surface area contributed by atoms with E-state index in [9.17, 15) is 5.26 Å². The average molecular weight is 451 g/mol. The summed E-state index contributed by atoms with van der Waals surface area (Å²) in [7, 11) is 0. The summed E-state index contributed by atoms with van der Waals surface area (Å²) in [5.41, 5.74) is 3.88. The van der Waals surface area contributed by atoms with Crippen LogP contribution in [-0.2, 0) is 9.47 Å². The summed E-state index contributed by atoms with van der Waals surface area (Å²) in [6.45, 7) is 8.87. The number of rotatable bonds is 7. The Morgan fingerprint density at radius 3 is 2.69 bits per heavy atom. The third-order valence-corrected chi connectivity index (χ3v) is 6.93. The van der Waals surface area contributed by atoms with Gasteiger partial charge in [-0.25, -0.2) is 4.98 Å². The molecule has 0 unspecified atom stereocenters. The highest BCUT2D eigenvalue weighted by Crippen LogP contribution is 2.27. The van der Waals surface area contributed by atoms with E-state index in [4.69, 9.17) is 9.47 Å². The lowest BCUT2D eigenvalue weighted by Crippen LogP contribution is -2.46. The summed E-state index contributed by atoms with van der Waals surface area (Å²) >= 11 is 1.69. The lowest BCUT2D eigenvalue weighted by atomic mass is 10.0. The van der Waals surface area contributed by atoms with Crippen molar-refractivity contribution in [1.29, 1.82) is 5.26 Å². The number of nitriles is 1. The van der Waals surface area contributed by atoms with Crippen LogP contribution in [-0.4, -0.2) is 53.3 Å². The molecule has 2 aliphatic heterocycles. The van der Waals surface area contributed by atoms with E-state index in [-0.39, 0.29) is 0 Å². The smallest absolute Gasteiger partial charge is 0.231 e. The molecule has 1 aromatic rings. The molecule has 0 saturated carbocycles. The molecule has 0 atom stereocenters. The van der Waals surface area contributed by atoms with Crippen molar-refractivity contribution < 1.29 is 9.47 Å². The molecule has 4 rings (SSSR count). The van der Waals surface area contributed by atoms with Crippen molar-refractivity contribution in [2.24, 2.45) is 0 Å². The number of allylic oxidation sites excluding steroid dienone is 4. The van der Waals surface area contributed by atoms with Gasteiger partial charge in [0.05, 0.1) is 5.56 Å². The predicted octanol–water partition coefficient (Wildman–Crippen LogP) is 4.63. The average Bonchev–Trinajstić information content (AvgIpc) is 2.83. The zero-order valence-corrected chi connectivity index (χ0v) is 19.7. The van der Waals surface area contributed by atoms with Crippen molar-refractivity contribution in [1.82, 2.24) is 14.8 Å². The van der Waals surface area contributed by atoms with Crippen LogP contribution in [0.4, 0.5) is 0 Å². The minimum Gasteiger partial charge on any atom is -0.456 e. The Labute approximate surface area is 194 Å². The van der Waals surface area contributed by atoms with E-state index in [1.165, 1.54) is 5.57 Å². The third-order valence-electron chi connectivity index (χ3n) is 5.87. The normalized spacial score (nSPS) is 18.8. The highest BCUT2D eigenvalue weighted by Gasteiger charge is 2.22. The maximum Gasteiger partial charge on any atom is 0.231 e. The lowest BCUT2D eigenvalue weighted by Gasteiger charge is -2.36. The highest BCUT2D eigenvalue weighted by molar-refractivity contribution is 7.99. The number of aryl methyl sites for hydroxylation is 2. The molecule has 6 nitrogen and oxygen atoms in total. The van der Waals surface area contributed by atoms with Crippen LogP contribution in [0.25, 0.3) is 0 Å². The van der Waals surface area contributed by atoms with Gasteiger partial charge in [-0.3, -0.25) is 4.90 Å². The second kappa shape index (κ2) is 10.8. The first-order valence-electron chi connectivity index (χ1n) is 11.2. The highest BCUT2D eigenvalue weighted by atomic mass is 32.2. The number of hydrogen-bond acceptors (Lipinski definition) is 7. The predicted molar refractivity (Wildman–Crippen MR) is 127 cm³/mol. The Kier molecular flexibility index (Phi) is 7.56. The molecule has 32 heavy (non-hydrogen) atoms. The summed E-state index contributed by atoms with van der Waals surface area (Å²) < 4.78 is 11.7. The van der Waals surface area contributed by atoms with Gasteiger partial charge >= 0.3 is 0 Å². The molecule has 1 aromatic heterocycles. The molecule has 168 valence electrons. The van der Waals surface area contributed by atoms with E-state index in [2.05, 4.69) is 39.1 Å². The van der Waals surface area contributed by atoms with E-state index in [1.54, 1.807) is 24.3 Å². The van der Waals surface area contributed by atoms with Crippen molar-refractivity contribution in [3.8, 4) is 6.07 Å². The van der Waals surface area contributed by atoms with Gasteiger partial charge in [0.15, 0.2) is 12.0 Å². The van der Waals surface area contributed by atoms with Gasteiger partial charge in [0.2, 0.25) is 5.88 Å². The number of hydrogen-bond donors (Lipinski definition) is 0. The minimum atomic E-state index is 0.714. The molecule has 1 saturated heterocycles. The molecular weight excluding hydrogens is 420 g/mol. The summed E-state index contributed by atoms with van der Waals surface area (Å²) in [5.74, 6) is 2.57. The maximum atomic E-state index is 9.41. The minimum absolute atomic E-state index is 0.714. The standard InChI is InChI=1S/C25H30N4O2S/c1-19-15-20(2)27-25(22(19)16-26)32-14-6-9-28-10-12-29(13-11-28)24-18-30-23(17-31-24)21-7-4-3-5-8-21/h3-4,7,15,17-18H,5-6,8-14H2,1-2H3. The van der Waals surface area contributed by atoms with Gasteiger partial charge in [-0.05, 0) is 56.9 Å². The maximum absolute atomic E-state index is 9.41. The van der Waals surface area contributed by atoms with Crippen molar-refractivity contribution in [2.45, 2.75) is 38.1 Å². The first kappa shape index (κ1) is 22.5. The Hall–Kier alpha value is -2.69. The van der Waals surface area contributed by atoms with E-state index in [0.717, 1.165) is 85.7 Å². The molecule has 1 aliphatic carbocycles. The second-order valence-electron chi connectivity index (χ2n) is 8.24. The summed E-state index contributed by atoms with van der Waals surface area (Å²) in [6, 6.07) is 4.27. The zero-order valence-electron chi connectivity index (χ0n) is 18.8. The molecular formula is C25H30N4O2S. The van der Waals surface area contributed by atoms with Crippen LogP contribution in [0.3, 0.4) is 0 Å². The van der Waals surface area contributed by atoms with Crippen molar-refractivity contribution in [3.63, 3.8) is 0 Å². The van der Waals surface area contributed by atoms with Crippen LogP contribution in [0.15, 0.2) is 59.1 Å². The molecule has 0 N–H and O–H groups in total. The van der Waals surface area contributed by atoms with Crippen molar-refractivity contribution in [3.05, 3.63) is 70.9 Å². The third kappa shape index (κ3) is 5.56. The van der Waals surface area contributed by atoms with Crippen LogP contribution in [0, 0.1) is 25.2 Å². The van der Waals surface area contributed by atoms with Gasteiger partial charge in [0.1, 0.15) is 17.4 Å². The van der Waals surface area contributed by atoms with Gasteiger partial charge < -0.3 is 14.4 Å². The van der Waals surface area contributed by atoms with E-state index >= 15 is 0 Å². The molecule has 7 heteroatoms. The lowest BCUT2D eigenvalue weighted by molar-refractivity contribution is 0.0848. The van der Waals surface area contributed by atoms with Gasteiger partial charge in [0, 0.05) is 37.6 Å². The van der Waals surface area contributed by atoms with Crippen LogP contribution >= 0.6 is 11.8 Å². The second-order valence-corrected chi connectivity index (χ2v) is 9.32. The molecule has 0 aromatic carbocycles.